The minimum absolute atomic E-state index is 0. The smallest absolute Gasteiger partial charge is 0.236 e. The van der Waals surface area contributed by atoms with E-state index in [0.717, 1.165) is 16.3 Å². The summed E-state index contributed by atoms with van der Waals surface area (Å²) >= 11 is 1.59. The van der Waals surface area contributed by atoms with Gasteiger partial charge in [-0.25, -0.2) is 4.98 Å². The van der Waals surface area contributed by atoms with Crippen LogP contribution in [0.15, 0.2) is 51.4 Å². The number of thiophene rings is 1. The van der Waals surface area contributed by atoms with Crippen molar-refractivity contribution in [2.24, 2.45) is 4.99 Å². The third-order valence-corrected chi connectivity index (χ3v) is 4.53. The molecular weight excluding hydrogens is 491 g/mol. The molecule has 1 aromatic carbocycles. The normalized spacial score (nSPS) is 10.9. The molecule has 2 N–H and O–H groups in total. The molecule has 150 valence electrons. The van der Waals surface area contributed by atoms with Crippen LogP contribution < -0.4 is 20.1 Å². The van der Waals surface area contributed by atoms with E-state index >= 15 is 0 Å². The number of nitrogens with one attached hydrogen (secondary N) is 2. The largest absolute Gasteiger partial charge is 0.493 e. The predicted molar refractivity (Wildman–Crippen MR) is 123 cm³/mol. The summed E-state index contributed by atoms with van der Waals surface area (Å²) in [6.07, 6.45) is 1.65. The maximum absolute atomic E-state index is 5.60. The molecule has 0 amide bonds. The Hall–Kier alpha value is -2.27. The number of ether oxygens (including phenoxy) is 2. The zero-order chi connectivity index (χ0) is 19.1. The van der Waals surface area contributed by atoms with E-state index in [4.69, 9.17) is 13.9 Å². The van der Waals surface area contributed by atoms with Crippen LogP contribution in [0.1, 0.15) is 12.6 Å². The van der Waals surface area contributed by atoms with Gasteiger partial charge in [-0.2, -0.15) is 0 Å². The van der Waals surface area contributed by atoms with Crippen LogP contribution in [0, 0.1) is 0 Å². The van der Waals surface area contributed by atoms with Gasteiger partial charge in [0.2, 0.25) is 5.89 Å². The number of rotatable bonds is 7. The number of oxazole rings is 1. The Kier molecular flexibility index (Phi) is 8.58. The number of guanidine groups is 1. The van der Waals surface area contributed by atoms with Gasteiger partial charge in [-0.05, 0) is 30.5 Å². The number of hydrogen-bond acceptors (Lipinski definition) is 6. The summed E-state index contributed by atoms with van der Waals surface area (Å²) in [6.45, 7) is 2.98. The van der Waals surface area contributed by atoms with Crippen molar-refractivity contribution in [3.05, 3.63) is 47.7 Å². The van der Waals surface area contributed by atoms with E-state index in [9.17, 15) is 0 Å². The average molecular weight is 514 g/mol. The number of nitrogens with zero attached hydrogens (tertiary/aromatic N) is 2. The molecule has 9 heteroatoms. The summed E-state index contributed by atoms with van der Waals surface area (Å²) in [4.78, 5) is 9.73. The van der Waals surface area contributed by atoms with Crippen molar-refractivity contribution in [3.8, 4) is 22.3 Å². The van der Waals surface area contributed by atoms with Crippen LogP contribution >= 0.6 is 35.3 Å². The molecule has 0 saturated heterocycles. The first-order chi connectivity index (χ1) is 13.2. The van der Waals surface area contributed by atoms with E-state index in [1.54, 1.807) is 31.8 Å². The first-order valence-electron chi connectivity index (χ1n) is 8.50. The summed E-state index contributed by atoms with van der Waals surface area (Å²) in [5, 5.41) is 8.45. The molecule has 28 heavy (non-hydrogen) atoms. The highest BCUT2D eigenvalue weighted by Crippen LogP contribution is 2.30. The first kappa shape index (κ1) is 22.0. The molecule has 0 radical (unpaired) electrons. The Morgan fingerprint density at radius 1 is 1.29 bits per heavy atom. The van der Waals surface area contributed by atoms with E-state index < -0.39 is 0 Å². The second-order valence-corrected chi connectivity index (χ2v) is 6.42. The van der Waals surface area contributed by atoms with E-state index in [1.807, 2.05) is 42.6 Å². The lowest BCUT2D eigenvalue weighted by molar-refractivity contribution is 0.311. The highest BCUT2D eigenvalue weighted by atomic mass is 127. The third kappa shape index (κ3) is 5.61. The minimum Gasteiger partial charge on any atom is -0.493 e. The van der Waals surface area contributed by atoms with Gasteiger partial charge in [0.15, 0.2) is 17.5 Å². The van der Waals surface area contributed by atoms with Gasteiger partial charge in [0.05, 0.1) is 30.8 Å². The molecule has 0 bridgehead atoms. The Morgan fingerprint density at radius 3 is 2.82 bits per heavy atom. The molecule has 0 aliphatic heterocycles. The molecular formula is C19H23IN4O3S. The van der Waals surface area contributed by atoms with Crippen molar-refractivity contribution < 1.29 is 13.9 Å². The number of aromatic nitrogens is 1. The van der Waals surface area contributed by atoms with Gasteiger partial charge in [0, 0.05) is 18.8 Å². The molecule has 0 fully saturated rings. The fourth-order valence-electron chi connectivity index (χ4n) is 2.41. The van der Waals surface area contributed by atoms with Gasteiger partial charge in [-0.1, -0.05) is 6.07 Å². The monoisotopic (exact) mass is 514 g/mol. The molecule has 0 saturated carbocycles. The van der Waals surface area contributed by atoms with Crippen molar-refractivity contribution >= 4 is 47.0 Å². The van der Waals surface area contributed by atoms with E-state index in [1.165, 1.54) is 0 Å². The Labute approximate surface area is 185 Å². The van der Waals surface area contributed by atoms with E-state index in [0.29, 0.717) is 36.5 Å². The van der Waals surface area contributed by atoms with Crippen LogP contribution in [0.4, 0.5) is 5.69 Å². The van der Waals surface area contributed by atoms with Crippen LogP contribution in [0.3, 0.4) is 0 Å². The summed E-state index contributed by atoms with van der Waals surface area (Å²) in [5.74, 6) is 2.61. The van der Waals surface area contributed by atoms with Gasteiger partial charge in [-0.15, -0.1) is 35.3 Å². The topological polar surface area (TPSA) is 80.9 Å². The van der Waals surface area contributed by atoms with Crippen molar-refractivity contribution in [2.75, 3.05) is 26.1 Å². The minimum atomic E-state index is 0. The van der Waals surface area contributed by atoms with Crippen LogP contribution in [0.2, 0.25) is 0 Å². The second kappa shape index (κ2) is 10.9. The molecule has 2 aromatic heterocycles. The van der Waals surface area contributed by atoms with Crippen molar-refractivity contribution in [1.29, 1.82) is 0 Å². The third-order valence-electron chi connectivity index (χ3n) is 3.67. The standard InChI is InChI=1S/C19H22N4O3S.HI/c1-4-25-16-10-13(7-8-15(16)24-3)23-19(20-2)21-11-14-12-26-18(22-14)17-6-5-9-27-17;/h5-10,12H,4,11H2,1-3H3,(H2,20,21,23);1H. The van der Waals surface area contributed by atoms with E-state index in [-0.39, 0.29) is 24.0 Å². The Balaban J connectivity index is 0.00000280. The van der Waals surface area contributed by atoms with Crippen molar-refractivity contribution in [1.82, 2.24) is 10.3 Å². The van der Waals surface area contributed by atoms with Gasteiger partial charge < -0.3 is 24.5 Å². The maximum Gasteiger partial charge on any atom is 0.236 e. The summed E-state index contributed by atoms with van der Waals surface area (Å²) in [7, 11) is 3.33. The quantitative estimate of drug-likeness (QED) is 0.272. The van der Waals surface area contributed by atoms with Crippen LogP contribution in [-0.2, 0) is 6.54 Å². The van der Waals surface area contributed by atoms with Crippen molar-refractivity contribution in [2.45, 2.75) is 13.5 Å². The second-order valence-electron chi connectivity index (χ2n) is 5.47. The molecule has 0 spiro atoms. The number of aliphatic imine (C=N–C) groups is 1. The molecule has 2 heterocycles. The summed E-state index contributed by atoms with van der Waals surface area (Å²) < 4.78 is 16.4. The number of benzene rings is 1. The Morgan fingerprint density at radius 2 is 2.14 bits per heavy atom. The van der Waals surface area contributed by atoms with Crippen LogP contribution in [0.25, 0.3) is 10.8 Å². The fourth-order valence-corrected chi connectivity index (χ4v) is 3.07. The van der Waals surface area contributed by atoms with Gasteiger partial charge in [0.25, 0.3) is 0 Å². The maximum atomic E-state index is 5.60. The lowest BCUT2D eigenvalue weighted by atomic mass is 10.2. The molecule has 3 aromatic rings. The molecule has 0 atom stereocenters. The van der Waals surface area contributed by atoms with Crippen LogP contribution in [-0.4, -0.2) is 31.7 Å². The highest BCUT2D eigenvalue weighted by Gasteiger charge is 2.09. The SMILES string of the molecule is CCOc1cc(NC(=NC)NCc2coc(-c3cccs3)n2)ccc1OC.I. The zero-order valence-electron chi connectivity index (χ0n) is 15.9. The molecule has 7 nitrogen and oxygen atoms in total. The van der Waals surface area contributed by atoms with Crippen LogP contribution in [0.5, 0.6) is 11.5 Å². The number of hydrogen-bond donors (Lipinski definition) is 2. The van der Waals surface area contributed by atoms with E-state index in [2.05, 4.69) is 20.6 Å². The number of methoxy groups -OCH3 is 1. The molecule has 3 rings (SSSR count). The molecule has 0 unspecified atom stereocenters. The van der Waals surface area contributed by atoms with Gasteiger partial charge in [0.1, 0.15) is 6.26 Å². The average Bonchev–Trinajstić information content (AvgIpc) is 3.37. The molecule has 0 aliphatic rings. The first-order valence-corrected chi connectivity index (χ1v) is 9.38. The highest BCUT2D eigenvalue weighted by molar-refractivity contribution is 14.0. The lowest BCUT2D eigenvalue weighted by Gasteiger charge is -2.14. The number of halogens is 1. The predicted octanol–water partition coefficient (Wildman–Crippen LogP) is 4.62. The fraction of sp³-hybridized carbons (Fsp3) is 0.263. The zero-order valence-corrected chi connectivity index (χ0v) is 19.0. The Bertz CT molecular complexity index is 896. The van der Waals surface area contributed by atoms with Gasteiger partial charge >= 0.3 is 0 Å². The summed E-state index contributed by atoms with van der Waals surface area (Å²) in [6, 6.07) is 9.58. The summed E-state index contributed by atoms with van der Waals surface area (Å²) in [5.41, 5.74) is 1.64. The number of anilines is 1. The lowest BCUT2D eigenvalue weighted by Crippen LogP contribution is -2.30. The van der Waals surface area contributed by atoms with Gasteiger partial charge in [-0.3, -0.25) is 4.99 Å². The van der Waals surface area contributed by atoms with Crippen molar-refractivity contribution in [3.63, 3.8) is 0 Å². The molecule has 0 aliphatic carbocycles.